The molecule has 8 nitrogen and oxygen atoms in total. The van der Waals surface area contributed by atoms with Crippen LogP contribution in [0.2, 0.25) is 0 Å². The van der Waals surface area contributed by atoms with Crippen LogP contribution >= 0.6 is 0 Å². The van der Waals surface area contributed by atoms with Crippen LogP contribution in [0.15, 0.2) is 36.4 Å². The zero-order valence-corrected chi connectivity index (χ0v) is 16.1. The predicted molar refractivity (Wildman–Crippen MR) is 110 cm³/mol. The molecule has 0 radical (unpaired) electrons. The number of phenols is 1. The maximum absolute atomic E-state index is 11.9. The summed E-state index contributed by atoms with van der Waals surface area (Å²) in [6, 6.07) is 9.73. The maximum Gasteiger partial charge on any atom is 0.354 e. The summed E-state index contributed by atoms with van der Waals surface area (Å²) in [4.78, 5) is 23.2. The third kappa shape index (κ3) is 3.31. The second-order valence-corrected chi connectivity index (χ2v) is 7.26. The number of rotatable bonds is 6. The molecule has 8 heteroatoms. The lowest BCUT2D eigenvalue weighted by Gasteiger charge is -2.18. The molecule has 0 atom stereocenters. The average Bonchev–Trinajstić information content (AvgIpc) is 3.10. The van der Waals surface area contributed by atoms with Gasteiger partial charge in [-0.05, 0) is 61.2 Å². The monoisotopic (exact) mass is 407 g/mol. The summed E-state index contributed by atoms with van der Waals surface area (Å²) in [6.07, 6.45) is 1.70. The van der Waals surface area contributed by atoms with Crippen molar-refractivity contribution < 1.29 is 24.9 Å². The molecule has 1 heterocycles. The van der Waals surface area contributed by atoms with Crippen molar-refractivity contribution >= 4 is 11.9 Å². The fourth-order valence-electron chi connectivity index (χ4n) is 3.96. The van der Waals surface area contributed by atoms with Crippen molar-refractivity contribution in [1.29, 1.82) is 0 Å². The van der Waals surface area contributed by atoms with Crippen LogP contribution in [0.5, 0.6) is 5.75 Å². The fourth-order valence-corrected chi connectivity index (χ4v) is 3.96. The molecular weight excluding hydrogens is 386 g/mol. The van der Waals surface area contributed by atoms with E-state index in [1.165, 1.54) is 16.8 Å². The largest absolute Gasteiger partial charge is 0.507 e. The Balaban J connectivity index is 1.87. The summed E-state index contributed by atoms with van der Waals surface area (Å²) in [5, 5.41) is 34.1. The van der Waals surface area contributed by atoms with Gasteiger partial charge in [-0.25, -0.2) is 9.59 Å². The van der Waals surface area contributed by atoms with E-state index < -0.39 is 11.9 Å². The number of carboxylic acids is 2. The minimum Gasteiger partial charge on any atom is -0.507 e. The summed E-state index contributed by atoms with van der Waals surface area (Å²) in [6.45, 7) is 0.837. The zero-order valence-electron chi connectivity index (χ0n) is 16.1. The van der Waals surface area contributed by atoms with E-state index in [-0.39, 0.29) is 17.0 Å². The summed E-state index contributed by atoms with van der Waals surface area (Å²) in [5.74, 6) is -2.04. The zero-order chi connectivity index (χ0) is 21.4. The van der Waals surface area contributed by atoms with E-state index in [4.69, 9.17) is 5.73 Å². The molecule has 0 unspecified atom stereocenters. The smallest absolute Gasteiger partial charge is 0.354 e. The Morgan fingerprint density at radius 2 is 1.87 bits per heavy atom. The van der Waals surface area contributed by atoms with Gasteiger partial charge in [-0.1, -0.05) is 12.1 Å². The first-order valence-electron chi connectivity index (χ1n) is 9.63. The van der Waals surface area contributed by atoms with Crippen LogP contribution in [-0.2, 0) is 19.4 Å². The van der Waals surface area contributed by atoms with Crippen LogP contribution < -0.4 is 5.73 Å². The van der Waals surface area contributed by atoms with Crippen molar-refractivity contribution in [2.75, 3.05) is 6.54 Å². The van der Waals surface area contributed by atoms with Gasteiger partial charge in [0, 0.05) is 23.2 Å². The second kappa shape index (κ2) is 7.64. The number of aromatic hydroxyl groups is 1. The highest BCUT2D eigenvalue weighted by Gasteiger charge is 2.29. The molecule has 1 aliphatic rings. The molecule has 0 bridgehead atoms. The highest BCUT2D eigenvalue weighted by molar-refractivity contribution is 5.93. The molecular formula is C22H21N3O5. The van der Waals surface area contributed by atoms with Crippen LogP contribution in [0.3, 0.4) is 0 Å². The molecule has 0 aliphatic heterocycles. The highest BCUT2D eigenvalue weighted by Crippen LogP contribution is 2.41. The summed E-state index contributed by atoms with van der Waals surface area (Å²) in [7, 11) is 0. The van der Waals surface area contributed by atoms with Crippen molar-refractivity contribution in [3.8, 4) is 28.1 Å². The Morgan fingerprint density at radius 1 is 1.07 bits per heavy atom. The van der Waals surface area contributed by atoms with Gasteiger partial charge in [0.25, 0.3) is 0 Å². The first-order chi connectivity index (χ1) is 14.4. The number of benzene rings is 2. The number of phenolic OH excluding ortho intramolecular Hbond substituents is 1. The Bertz CT molecular complexity index is 1170. The van der Waals surface area contributed by atoms with E-state index in [1.54, 1.807) is 24.3 Å². The van der Waals surface area contributed by atoms with Gasteiger partial charge < -0.3 is 21.1 Å². The number of hydrogen-bond donors (Lipinski definition) is 4. The first kappa shape index (κ1) is 19.7. The van der Waals surface area contributed by atoms with E-state index in [2.05, 4.69) is 5.10 Å². The Morgan fingerprint density at radius 3 is 2.57 bits per heavy atom. The SMILES string of the molecule is NCCCn1nc2c(c1C(=O)O)CCc1cc(O)c(-c3cccc(C(=O)O)c3)cc1-2. The molecule has 0 saturated heterocycles. The Kier molecular flexibility index (Phi) is 5.01. The highest BCUT2D eigenvalue weighted by atomic mass is 16.4. The Labute approximate surface area is 172 Å². The van der Waals surface area contributed by atoms with Gasteiger partial charge in [0.1, 0.15) is 11.4 Å². The Hall–Kier alpha value is -3.65. The lowest BCUT2D eigenvalue weighted by Crippen LogP contribution is -2.14. The molecule has 154 valence electrons. The van der Waals surface area contributed by atoms with E-state index in [0.29, 0.717) is 54.7 Å². The summed E-state index contributed by atoms with van der Waals surface area (Å²) < 4.78 is 1.49. The van der Waals surface area contributed by atoms with Crippen molar-refractivity contribution in [1.82, 2.24) is 9.78 Å². The molecule has 0 spiro atoms. The third-order valence-electron chi connectivity index (χ3n) is 5.37. The number of aryl methyl sites for hydroxylation is 2. The van der Waals surface area contributed by atoms with Gasteiger partial charge in [-0.3, -0.25) is 4.68 Å². The standard InChI is InChI=1S/C22H21N3O5/c23-7-2-8-25-20(22(29)30)15-6-5-13-10-18(26)16(11-17(13)19(15)24-25)12-3-1-4-14(9-12)21(27)28/h1,3-4,9-11,26H,2,5-8,23H2,(H,27,28)(H,29,30). The van der Waals surface area contributed by atoms with Gasteiger partial charge in [-0.15, -0.1) is 0 Å². The lowest BCUT2D eigenvalue weighted by molar-refractivity contribution is 0.0676. The van der Waals surface area contributed by atoms with Gasteiger partial charge in [0.15, 0.2) is 0 Å². The number of nitrogens with zero attached hydrogens (tertiary/aromatic N) is 2. The van der Waals surface area contributed by atoms with Gasteiger partial charge in [0.2, 0.25) is 0 Å². The summed E-state index contributed by atoms with van der Waals surface area (Å²) in [5.41, 5.74) is 9.77. The van der Waals surface area contributed by atoms with Crippen LogP contribution in [0.25, 0.3) is 22.4 Å². The second-order valence-electron chi connectivity index (χ2n) is 7.26. The maximum atomic E-state index is 11.9. The van der Waals surface area contributed by atoms with Crippen LogP contribution in [-0.4, -0.2) is 43.6 Å². The minimum absolute atomic E-state index is 0.0424. The van der Waals surface area contributed by atoms with E-state index in [0.717, 1.165) is 11.1 Å². The van der Waals surface area contributed by atoms with E-state index >= 15 is 0 Å². The molecule has 1 aromatic heterocycles. The molecule has 0 saturated carbocycles. The number of aromatic carboxylic acids is 2. The fraction of sp³-hybridized carbons (Fsp3) is 0.227. The average molecular weight is 407 g/mol. The van der Waals surface area contributed by atoms with Crippen molar-refractivity contribution in [2.45, 2.75) is 25.8 Å². The van der Waals surface area contributed by atoms with Crippen LogP contribution in [0.1, 0.15) is 38.4 Å². The van der Waals surface area contributed by atoms with Gasteiger partial charge >= 0.3 is 11.9 Å². The normalized spacial score (nSPS) is 12.3. The molecule has 30 heavy (non-hydrogen) atoms. The van der Waals surface area contributed by atoms with Crippen LogP contribution in [0, 0.1) is 0 Å². The first-order valence-corrected chi connectivity index (χ1v) is 9.63. The lowest BCUT2D eigenvalue weighted by atomic mass is 9.86. The number of fused-ring (bicyclic) bond motifs is 3. The topological polar surface area (TPSA) is 139 Å². The van der Waals surface area contributed by atoms with E-state index in [1.807, 2.05) is 0 Å². The number of hydrogen-bond acceptors (Lipinski definition) is 5. The molecule has 0 fully saturated rings. The quantitative estimate of drug-likeness (QED) is 0.493. The number of carboxylic acid groups (broad SMARTS) is 2. The molecule has 2 aromatic carbocycles. The molecule has 0 amide bonds. The summed E-state index contributed by atoms with van der Waals surface area (Å²) >= 11 is 0. The van der Waals surface area contributed by atoms with E-state index in [9.17, 15) is 24.9 Å². The molecule has 5 N–H and O–H groups in total. The molecule has 3 aromatic rings. The number of nitrogens with two attached hydrogens (primary N) is 1. The molecule has 4 rings (SSSR count). The third-order valence-corrected chi connectivity index (χ3v) is 5.37. The van der Waals surface area contributed by atoms with Crippen molar-refractivity contribution in [3.63, 3.8) is 0 Å². The van der Waals surface area contributed by atoms with Crippen molar-refractivity contribution in [3.05, 3.63) is 58.8 Å². The van der Waals surface area contributed by atoms with Gasteiger partial charge in [0.05, 0.1) is 11.3 Å². The number of aromatic nitrogens is 2. The minimum atomic E-state index is -1.05. The van der Waals surface area contributed by atoms with Crippen molar-refractivity contribution in [2.24, 2.45) is 5.73 Å². The van der Waals surface area contributed by atoms with Gasteiger partial charge in [-0.2, -0.15) is 5.10 Å². The number of carbonyl (C=O) groups is 2. The predicted octanol–water partition coefficient (Wildman–Crippen LogP) is 2.77. The van der Waals surface area contributed by atoms with Crippen LogP contribution in [0.4, 0.5) is 0 Å². The molecule has 1 aliphatic carbocycles.